The lowest BCUT2D eigenvalue weighted by molar-refractivity contribution is 0.0693. The molecular weight excluding hydrogens is 392 g/mol. The second-order valence-corrected chi connectivity index (χ2v) is 8.07. The van der Waals surface area contributed by atoms with Crippen molar-refractivity contribution in [2.75, 3.05) is 12.4 Å². The Morgan fingerprint density at radius 2 is 1.68 bits per heavy atom. The molecule has 0 radical (unpaired) electrons. The standard InChI is InChI=1S/C24H22N4O3/c1-27-23(30)18-12-11-16(13-19(18)24(27)31)22(29)25-21-14-20(15-7-5-6-8-15)26-28(21)17-9-3-2-4-10-17/h2-4,9-15H,5-8H2,1H3,(H,25,29). The second-order valence-electron chi connectivity index (χ2n) is 8.07. The summed E-state index contributed by atoms with van der Waals surface area (Å²) in [6.45, 7) is 0. The van der Waals surface area contributed by atoms with E-state index in [1.54, 1.807) is 10.7 Å². The molecule has 7 heteroatoms. The van der Waals surface area contributed by atoms with E-state index < -0.39 is 5.91 Å². The van der Waals surface area contributed by atoms with Gasteiger partial charge in [0, 0.05) is 24.6 Å². The van der Waals surface area contributed by atoms with Crippen molar-refractivity contribution in [2.45, 2.75) is 31.6 Å². The van der Waals surface area contributed by atoms with Gasteiger partial charge in [-0.25, -0.2) is 4.68 Å². The van der Waals surface area contributed by atoms with Crippen LogP contribution in [0, 0.1) is 0 Å². The number of fused-ring (bicyclic) bond motifs is 1. The number of carbonyl (C=O) groups is 3. The smallest absolute Gasteiger partial charge is 0.261 e. The summed E-state index contributed by atoms with van der Waals surface area (Å²) in [5.74, 6) is -0.117. The van der Waals surface area contributed by atoms with Gasteiger partial charge < -0.3 is 5.32 Å². The van der Waals surface area contributed by atoms with Gasteiger partial charge in [0.2, 0.25) is 0 Å². The van der Waals surface area contributed by atoms with E-state index in [0.29, 0.717) is 22.9 Å². The van der Waals surface area contributed by atoms with Crippen molar-refractivity contribution < 1.29 is 14.4 Å². The Kier molecular flexibility index (Phi) is 4.66. The maximum Gasteiger partial charge on any atom is 0.261 e. The van der Waals surface area contributed by atoms with Gasteiger partial charge in [-0.3, -0.25) is 19.3 Å². The Morgan fingerprint density at radius 1 is 0.968 bits per heavy atom. The van der Waals surface area contributed by atoms with E-state index >= 15 is 0 Å². The van der Waals surface area contributed by atoms with Crippen molar-refractivity contribution >= 4 is 23.5 Å². The van der Waals surface area contributed by atoms with Gasteiger partial charge in [-0.15, -0.1) is 0 Å². The van der Waals surface area contributed by atoms with Crippen molar-refractivity contribution in [1.29, 1.82) is 0 Å². The third kappa shape index (κ3) is 3.32. The third-order valence-corrected chi connectivity index (χ3v) is 6.10. The van der Waals surface area contributed by atoms with Crippen LogP contribution in [-0.4, -0.2) is 39.4 Å². The highest BCUT2D eigenvalue weighted by atomic mass is 16.2. The molecule has 0 spiro atoms. The molecule has 0 saturated heterocycles. The van der Waals surface area contributed by atoms with Gasteiger partial charge in [0.1, 0.15) is 5.82 Å². The first-order valence-corrected chi connectivity index (χ1v) is 10.5. The summed E-state index contributed by atoms with van der Waals surface area (Å²) in [5, 5.41) is 7.74. The van der Waals surface area contributed by atoms with Crippen LogP contribution in [0.15, 0.2) is 54.6 Å². The molecule has 2 heterocycles. The average Bonchev–Trinajstić information content (AvgIpc) is 3.51. The summed E-state index contributed by atoms with van der Waals surface area (Å²) in [6, 6.07) is 16.2. The molecule has 7 nitrogen and oxygen atoms in total. The number of nitrogens with one attached hydrogen (secondary N) is 1. The summed E-state index contributed by atoms with van der Waals surface area (Å²) in [5.41, 5.74) is 2.73. The number of hydrogen-bond acceptors (Lipinski definition) is 4. The number of nitrogens with zero attached hydrogens (tertiary/aromatic N) is 3. The van der Waals surface area contributed by atoms with Gasteiger partial charge >= 0.3 is 0 Å². The molecule has 0 atom stereocenters. The molecule has 2 aliphatic rings. The highest BCUT2D eigenvalue weighted by molar-refractivity contribution is 6.22. The van der Waals surface area contributed by atoms with Crippen molar-refractivity contribution in [3.8, 4) is 5.69 Å². The van der Waals surface area contributed by atoms with Crippen LogP contribution in [-0.2, 0) is 0 Å². The Labute approximate surface area is 179 Å². The Hall–Kier alpha value is -3.74. The predicted molar refractivity (Wildman–Crippen MR) is 116 cm³/mol. The number of anilines is 1. The molecule has 1 saturated carbocycles. The van der Waals surface area contributed by atoms with E-state index in [1.807, 2.05) is 36.4 Å². The molecular formula is C24H22N4O3. The molecule has 3 amide bonds. The minimum atomic E-state index is -0.396. The first kappa shape index (κ1) is 19.2. The minimum absolute atomic E-state index is 0.253. The fraction of sp³-hybridized carbons (Fsp3) is 0.250. The van der Waals surface area contributed by atoms with Gasteiger partial charge in [-0.1, -0.05) is 31.0 Å². The topological polar surface area (TPSA) is 84.3 Å². The van der Waals surface area contributed by atoms with Gasteiger partial charge in [-0.05, 0) is 43.2 Å². The number of imide groups is 1. The van der Waals surface area contributed by atoms with Crippen molar-refractivity contribution in [1.82, 2.24) is 14.7 Å². The van der Waals surface area contributed by atoms with E-state index in [-0.39, 0.29) is 17.4 Å². The van der Waals surface area contributed by atoms with Gasteiger partial charge in [0.05, 0.1) is 22.5 Å². The zero-order valence-electron chi connectivity index (χ0n) is 17.2. The predicted octanol–water partition coefficient (Wildman–Crippen LogP) is 4.01. The third-order valence-electron chi connectivity index (χ3n) is 6.10. The summed E-state index contributed by atoms with van der Waals surface area (Å²) in [6.07, 6.45) is 4.60. The van der Waals surface area contributed by atoms with Crippen molar-refractivity contribution in [2.24, 2.45) is 0 Å². The van der Waals surface area contributed by atoms with Gasteiger partial charge in [0.15, 0.2) is 0 Å². The van der Waals surface area contributed by atoms with Crippen molar-refractivity contribution in [3.63, 3.8) is 0 Å². The molecule has 1 aromatic heterocycles. The Morgan fingerprint density at radius 3 is 2.42 bits per heavy atom. The lowest BCUT2D eigenvalue weighted by Gasteiger charge is -2.09. The fourth-order valence-corrected chi connectivity index (χ4v) is 4.37. The molecule has 156 valence electrons. The number of para-hydroxylation sites is 1. The van der Waals surface area contributed by atoms with Gasteiger partial charge in [-0.2, -0.15) is 5.10 Å². The molecule has 2 aromatic carbocycles. The zero-order valence-corrected chi connectivity index (χ0v) is 17.2. The van der Waals surface area contributed by atoms with E-state index in [1.165, 1.54) is 32.0 Å². The highest BCUT2D eigenvalue weighted by Gasteiger charge is 2.33. The van der Waals surface area contributed by atoms with E-state index in [9.17, 15) is 14.4 Å². The number of hydrogen-bond donors (Lipinski definition) is 1. The molecule has 3 aromatic rings. The van der Waals surface area contributed by atoms with E-state index in [0.717, 1.165) is 29.1 Å². The number of rotatable bonds is 4. The maximum absolute atomic E-state index is 13.0. The lowest BCUT2D eigenvalue weighted by atomic mass is 10.0. The summed E-state index contributed by atoms with van der Waals surface area (Å²) < 4.78 is 1.75. The van der Waals surface area contributed by atoms with Crippen LogP contribution in [0.5, 0.6) is 0 Å². The molecule has 1 fully saturated rings. The van der Waals surface area contributed by atoms with Crippen LogP contribution in [0.4, 0.5) is 5.82 Å². The lowest BCUT2D eigenvalue weighted by Crippen LogP contribution is -2.24. The van der Waals surface area contributed by atoms with Crippen molar-refractivity contribution in [3.05, 3.63) is 77.0 Å². The maximum atomic E-state index is 13.0. The number of benzene rings is 2. The Balaban J connectivity index is 1.48. The summed E-state index contributed by atoms with van der Waals surface area (Å²) in [7, 11) is 1.44. The Bertz CT molecular complexity index is 1190. The quantitative estimate of drug-likeness (QED) is 0.654. The zero-order chi connectivity index (χ0) is 21.5. The molecule has 0 bridgehead atoms. The first-order chi connectivity index (χ1) is 15.0. The first-order valence-electron chi connectivity index (χ1n) is 10.5. The SMILES string of the molecule is CN1C(=O)c2ccc(C(=O)Nc3cc(C4CCCC4)nn3-c3ccccc3)cc2C1=O. The van der Waals surface area contributed by atoms with Crippen LogP contribution in [0.1, 0.15) is 68.4 Å². The molecule has 5 rings (SSSR count). The monoisotopic (exact) mass is 414 g/mol. The molecule has 31 heavy (non-hydrogen) atoms. The second kappa shape index (κ2) is 7.50. The molecule has 0 unspecified atom stereocenters. The van der Waals surface area contributed by atoms with Crippen LogP contribution in [0.25, 0.3) is 5.69 Å². The average molecular weight is 414 g/mol. The largest absolute Gasteiger partial charge is 0.306 e. The number of aromatic nitrogens is 2. The minimum Gasteiger partial charge on any atom is -0.306 e. The normalized spacial score (nSPS) is 16.1. The highest BCUT2D eigenvalue weighted by Crippen LogP contribution is 2.35. The van der Waals surface area contributed by atoms with Crippen LogP contribution >= 0.6 is 0 Å². The van der Waals surface area contributed by atoms with Crippen LogP contribution < -0.4 is 5.32 Å². The molecule has 1 aliphatic carbocycles. The summed E-state index contributed by atoms with van der Waals surface area (Å²) >= 11 is 0. The number of carbonyl (C=O) groups excluding carboxylic acids is 3. The van der Waals surface area contributed by atoms with Crippen LogP contribution in [0.2, 0.25) is 0 Å². The van der Waals surface area contributed by atoms with Gasteiger partial charge in [0.25, 0.3) is 17.7 Å². The molecule has 1 N–H and O–H groups in total. The molecule has 1 aliphatic heterocycles. The summed E-state index contributed by atoms with van der Waals surface area (Å²) in [4.78, 5) is 38.5. The number of amides is 3. The van der Waals surface area contributed by atoms with Crippen LogP contribution in [0.3, 0.4) is 0 Å². The fourth-order valence-electron chi connectivity index (χ4n) is 4.37. The van der Waals surface area contributed by atoms with E-state index in [2.05, 4.69) is 5.32 Å². The van der Waals surface area contributed by atoms with E-state index in [4.69, 9.17) is 5.10 Å².